The Morgan fingerprint density at radius 1 is 1.48 bits per heavy atom. The Bertz CT molecular complexity index is 686. The molecule has 0 bridgehead atoms. The van der Waals surface area contributed by atoms with Gasteiger partial charge in [-0.25, -0.2) is 4.39 Å². The number of thiophene rings is 1. The quantitative estimate of drug-likeness (QED) is 0.857. The lowest BCUT2D eigenvalue weighted by Crippen LogP contribution is -2.27. The van der Waals surface area contributed by atoms with Crippen LogP contribution in [0.15, 0.2) is 35.0 Å². The Labute approximate surface area is 126 Å². The number of aliphatic hydroxyl groups excluding tert-OH is 1. The Hall–Kier alpha value is -2.16. The van der Waals surface area contributed by atoms with Gasteiger partial charge in [0.2, 0.25) is 0 Å². The van der Waals surface area contributed by atoms with Crippen molar-refractivity contribution in [2.24, 2.45) is 0 Å². The van der Waals surface area contributed by atoms with Gasteiger partial charge in [0.05, 0.1) is 11.6 Å². The van der Waals surface area contributed by atoms with Crippen LogP contribution in [0.1, 0.15) is 34.5 Å². The van der Waals surface area contributed by atoms with Crippen LogP contribution in [0.5, 0.6) is 0 Å². The number of carbonyl (C=O) groups excluding carboxylic acids is 1. The van der Waals surface area contributed by atoms with Crippen LogP contribution in [0.25, 0.3) is 0 Å². The molecule has 0 radical (unpaired) electrons. The van der Waals surface area contributed by atoms with Crippen molar-refractivity contribution in [1.29, 1.82) is 0 Å². The molecule has 0 saturated carbocycles. The number of hydrogen-bond acceptors (Lipinski definition) is 3. The van der Waals surface area contributed by atoms with E-state index >= 15 is 0 Å². The number of aliphatic hydroxyl groups is 1. The molecule has 108 valence electrons. The van der Waals surface area contributed by atoms with Gasteiger partial charge in [-0.3, -0.25) is 4.79 Å². The van der Waals surface area contributed by atoms with Crippen LogP contribution >= 0.6 is 11.3 Å². The van der Waals surface area contributed by atoms with E-state index in [-0.39, 0.29) is 18.2 Å². The van der Waals surface area contributed by atoms with Gasteiger partial charge in [-0.2, -0.15) is 11.3 Å². The van der Waals surface area contributed by atoms with Gasteiger partial charge < -0.3 is 10.4 Å². The first-order valence-electron chi connectivity index (χ1n) is 6.34. The molecule has 2 aromatic rings. The Morgan fingerprint density at radius 2 is 2.29 bits per heavy atom. The van der Waals surface area contributed by atoms with Crippen molar-refractivity contribution in [3.8, 4) is 11.8 Å². The monoisotopic (exact) mass is 303 g/mol. The summed E-state index contributed by atoms with van der Waals surface area (Å²) in [7, 11) is 0. The summed E-state index contributed by atoms with van der Waals surface area (Å²) >= 11 is 1.54. The van der Waals surface area contributed by atoms with Crippen LogP contribution in [0.2, 0.25) is 0 Å². The highest BCUT2D eigenvalue weighted by Gasteiger charge is 2.15. The Morgan fingerprint density at radius 3 is 2.90 bits per heavy atom. The van der Waals surface area contributed by atoms with Crippen LogP contribution in [0.3, 0.4) is 0 Å². The van der Waals surface area contributed by atoms with Crippen LogP contribution in [0, 0.1) is 17.7 Å². The molecule has 1 aromatic heterocycles. The third-order valence-corrected chi connectivity index (χ3v) is 3.62. The SMILES string of the molecule is CC(NC(=O)c1ccc(C#CCO)cc1F)c1ccsc1. The summed E-state index contributed by atoms with van der Waals surface area (Å²) in [5.41, 5.74) is 1.38. The average molecular weight is 303 g/mol. The van der Waals surface area contributed by atoms with Gasteiger partial charge in [-0.15, -0.1) is 0 Å². The molecule has 1 heterocycles. The minimum absolute atomic E-state index is 0.0216. The molecule has 1 aromatic carbocycles. The van der Waals surface area contributed by atoms with Crippen molar-refractivity contribution in [2.45, 2.75) is 13.0 Å². The fourth-order valence-corrected chi connectivity index (χ4v) is 2.55. The number of carbonyl (C=O) groups is 1. The molecule has 21 heavy (non-hydrogen) atoms. The standard InChI is InChI=1S/C16H14FNO2S/c1-11(13-6-8-21-10-13)18-16(20)14-5-4-12(3-2-7-19)9-15(14)17/h4-6,8-11,19H,7H2,1H3,(H,18,20). The number of nitrogens with one attached hydrogen (secondary N) is 1. The fraction of sp³-hybridized carbons (Fsp3) is 0.188. The lowest BCUT2D eigenvalue weighted by atomic mass is 10.1. The molecule has 0 saturated heterocycles. The van der Waals surface area contributed by atoms with E-state index in [1.165, 1.54) is 12.1 Å². The van der Waals surface area contributed by atoms with Gasteiger partial charge in [0.15, 0.2) is 0 Å². The molecule has 1 atom stereocenters. The molecule has 3 nitrogen and oxygen atoms in total. The van der Waals surface area contributed by atoms with Gasteiger partial charge in [0.25, 0.3) is 5.91 Å². The molecular weight excluding hydrogens is 289 g/mol. The zero-order valence-corrected chi connectivity index (χ0v) is 12.2. The minimum Gasteiger partial charge on any atom is -0.384 e. The molecule has 0 aliphatic carbocycles. The van der Waals surface area contributed by atoms with Crippen molar-refractivity contribution in [1.82, 2.24) is 5.32 Å². The van der Waals surface area contributed by atoms with E-state index in [1.807, 2.05) is 23.8 Å². The summed E-state index contributed by atoms with van der Waals surface area (Å²) in [5.74, 6) is 3.93. The first-order chi connectivity index (χ1) is 10.1. The van der Waals surface area contributed by atoms with Crippen molar-refractivity contribution in [3.63, 3.8) is 0 Å². The number of halogens is 1. The summed E-state index contributed by atoms with van der Waals surface area (Å²) in [6, 6.07) is 5.87. The van der Waals surface area contributed by atoms with Gasteiger partial charge in [-0.05, 0) is 47.5 Å². The summed E-state index contributed by atoms with van der Waals surface area (Å²) in [5, 5.41) is 15.2. The summed E-state index contributed by atoms with van der Waals surface area (Å²) in [6.45, 7) is 1.56. The zero-order chi connectivity index (χ0) is 15.2. The van der Waals surface area contributed by atoms with Gasteiger partial charge in [-0.1, -0.05) is 11.8 Å². The second-order valence-corrected chi connectivity index (χ2v) is 5.19. The minimum atomic E-state index is -0.630. The molecule has 2 N–H and O–H groups in total. The molecule has 0 aliphatic rings. The number of rotatable bonds is 3. The van der Waals surface area contributed by atoms with Crippen LogP contribution < -0.4 is 5.32 Å². The molecule has 0 fully saturated rings. The van der Waals surface area contributed by atoms with E-state index in [1.54, 1.807) is 17.4 Å². The molecule has 2 rings (SSSR count). The van der Waals surface area contributed by atoms with Crippen LogP contribution in [-0.2, 0) is 0 Å². The smallest absolute Gasteiger partial charge is 0.254 e. The van der Waals surface area contributed by atoms with Crippen molar-refractivity contribution in [3.05, 3.63) is 57.5 Å². The zero-order valence-electron chi connectivity index (χ0n) is 11.4. The maximum Gasteiger partial charge on any atom is 0.254 e. The lowest BCUT2D eigenvalue weighted by molar-refractivity contribution is 0.0936. The molecule has 0 aliphatic heterocycles. The van der Waals surface area contributed by atoms with E-state index in [2.05, 4.69) is 17.2 Å². The van der Waals surface area contributed by atoms with E-state index in [0.29, 0.717) is 5.56 Å². The van der Waals surface area contributed by atoms with E-state index in [9.17, 15) is 9.18 Å². The predicted octanol–water partition coefficient (Wildman–Crippen LogP) is 2.72. The number of hydrogen-bond donors (Lipinski definition) is 2. The van der Waals surface area contributed by atoms with E-state index < -0.39 is 11.7 Å². The fourth-order valence-electron chi connectivity index (χ4n) is 1.80. The molecule has 0 spiro atoms. The summed E-state index contributed by atoms with van der Waals surface area (Å²) in [4.78, 5) is 12.1. The van der Waals surface area contributed by atoms with E-state index in [4.69, 9.17) is 5.11 Å². The number of benzene rings is 1. The summed E-state index contributed by atoms with van der Waals surface area (Å²) < 4.78 is 13.9. The summed E-state index contributed by atoms with van der Waals surface area (Å²) in [6.07, 6.45) is 0. The largest absolute Gasteiger partial charge is 0.384 e. The maximum atomic E-state index is 13.9. The third-order valence-electron chi connectivity index (χ3n) is 2.92. The number of amides is 1. The second kappa shape index (κ2) is 7.02. The third kappa shape index (κ3) is 3.91. The first-order valence-corrected chi connectivity index (χ1v) is 7.28. The lowest BCUT2D eigenvalue weighted by Gasteiger charge is -2.13. The highest BCUT2D eigenvalue weighted by molar-refractivity contribution is 7.07. The van der Waals surface area contributed by atoms with Gasteiger partial charge in [0, 0.05) is 5.56 Å². The Balaban J connectivity index is 2.12. The van der Waals surface area contributed by atoms with Gasteiger partial charge in [0.1, 0.15) is 12.4 Å². The van der Waals surface area contributed by atoms with Crippen LogP contribution in [0.4, 0.5) is 4.39 Å². The highest BCUT2D eigenvalue weighted by Crippen LogP contribution is 2.17. The average Bonchev–Trinajstić information content (AvgIpc) is 2.99. The maximum absolute atomic E-state index is 13.9. The Kier molecular flexibility index (Phi) is 5.09. The van der Waals surface area contributed by atoms with Crippen LogP contribution in [-0.4, -0.2) is 17.6 Å². The molecule has 1 amide bonds. The first kappa shape index (κ1) is 15.2. The predicted molar refractivity (Wildman–Crippen MR) is 80.6 cm³/mol. The van der Waals surface area contributed by atoms with Crippen molar-refractivity contribution < 1.29 is 14.3 Å². The molecular formula is C16H14FNO2S. The molecule has 5 heteroatoms. The highest BCUT2D eigenvalue weighted by atomic mass is 32.1. The topological polar surface area (TPSA) is 49.3 Å². The second-order valence-electron chi connectivity index (χ2n) is 4.41. The van der Waals surface area contributed by atoms with E-state index in [0.717, 1.165) is 5.56 Å². The van der Waals surface area contributed by atoms with Crippen molar-refractivity contribution in [2.75, 3.05) is 6.61 Å². The normalized spacial score (nSPS) is 11.4. The van der Waals surface area contributed by atoms with Gasteiger partial charge >= 0.3 is 0 Å². The van der Waals surface area contributed by atoms with Crippen molar-refractivity contribution >= 4 is 17.2 Å². The molecule has 1 unspecified atom stereocenters.